The van der Waals surface area contributed by atoms with E-state index in [0.29, 0.717) is 0 Å². The summed E-state index contributed by atoms with van der Waals surface area (Å²) in [6.07, 6.45) is 0. The number of hydrogen-bond acceptors (Lipinski definition) is 2. The van der Waals surface area contributed by atoms with E-state index in [1.807, 2.05) is 0 Å². The first-order valence-electron chi connectivity index (χ1n) is 2.99. The molecule has 0 aliphatic rings. The highest BCUT2D eigenvalue weighted by atomic mass is 127. The molecule has 0 N–H and O–H groups in total. The number of carbonyl (C=O) groups excluding carboxylic acids is 1. The van der Waals surface area contributed by atoms with Crippen LogP contribution >= 0.6 is 22.6 Å². The Hall–Kier alpha value is -0.790. The van der Waals surface area contributed by atoms with Gasteiger partial charge in [-0.25, -0.2) is 13.2 Å². The first-order chi connectivity index (χ1) is 5.95. The van der Waals surface area contributed by atoms with E-state index in [2.05, 4.69) is 0 Å². The van der Waals surface area contributed by atoms with E-state index >= 15 is 0 Å². The van der Waals surface area contributed by atoms with Gasteiger partial charge in [0.1, 0.15) is 5.82 Å². The maximum atomic E-state index is 12.9. The van der Waals surface area contributed by atoms with Crippen molar-refractivity contribution in [3.8, 4) is 0 Å². The molecule has 0 saturated heterocycles. The maximum absolute atomic E-state index is 12.9. The normalized spacial score (nSPS) is 10.2. The van der Waals surface area contributed by atoms with Crippen molar-refractivity contribution in [1.82, 2.24) is 0 Å². The zero-order valence-corrected chi connectivity index (χ0v) is 8.06. The highest BCUT2D eigenvalue weighted by Crippen LogP contribution is 2.21. The van der Waals surface area contributed by atoms with E-state index in [0.717, 1.165) is 0 Å². The number of carbonyl (C=O) groups is 1. The van der Waals surface area contributed by atoms with Gasteiger partial charge in [-0.05, 0) is 28.7 Å². The molecule has 0 aliphatic heterocycles. The summed E-state index contributed by atoms with van der Waals surface area (Å²) in [4.78, 5) is 10.2. The molecule has 0 heterocycles. The molecular formula is C7HF3IO2-. The van der Waals surface area contributed by atoms with Crippen LogP contribution in [0.2, 0.25) is 0 Å². The second kappa shape index (κ2) is 3.52. The van der Waals surface area contributed by atoms with Gasteiger partial charge in [0.15, 0.2) is 11.6 Å². The molecular weight excluding hydrogens is 300 g/mol. The van der Waals surface area contributed by atoms with Crippen molar-refractivity contribution in [2.75, 3.05) is 0 Å². The lowest BCUT2D eigenvalue weighted by atomic mass is 10.2. The van der Waals surface area contributed by atoms with Gasteiger partial charge in [0.05, 0.1) is 9.54 Å². The van der Waals surface area contributed by atoms with E-state index in [-0.39, 0.29) is 6.07 Å². The molecule has 0 fully saturated rings. The Labute approximate surface area is 84.5 Å². The van der Waals surface area contributed by atoms with Crippen LogP contribution in [0.15, 0.2) is 6.07 Å². The predicted molar refractivity (Wildman–Crippen MR) is 43.4 cm³/mol. The van der Waals surface area contributed by atoms with Crippen LogP contribution in [0.5, 0.6) is 0 Å². The fourth-order valence-electron chi connectivity index (χ4n) is 0.721. The summed E-state index contributed by atoms with van der Waals surface area (Å²) in [6.45, 7) is 0. The van der Waals surface area contributed by atoms with Crippen LogP contribution in [0.1, 0.15) is 10.4 Å². The second-order valence-electron chi connectivity index (χ2n) is 2.14. The van der Waals surface area contributed by atoms with Gasteiger partial charge in [-0.3, -0.25) is 0 Å². The Balaban J connectivity index is 3.50. The van der Waals surface area contributed by atoms with Gasteiger partial charge in [-0.2, -0.15) is 0 Å². The Kier molecular flexibility index (Phi) is 2.79. The molecule has 1 aromatic carbocycles. The number of hydrogen-bond donors (Lipinski definition) is 0. The number of rotatable bonds is 1. The lowest BCUT2D eigenvalue weighted by Crippen LogP contribution is -2.24. The Bertz CT molecular complexity index is 378. The molecule has 0 radical (unpaired) electrons. The van der Waals surface area contributed by atoms with Gasteiger partial charge < -0.3 is 9.90 Å². The van der Waals surface area contributed by atoms with Gasteiger partial charge in [0.2, 0.25) is 0 Å². The molecule has 0 atom stereocenters. The first-order valence-corrected chi connectivity index (χ1v) is 4.07. The average Bonchev–Trinajstić information content (AvgIpc) is 2.07. The molecule has 2 nitrogen and oxygen atoms in total. The third kappa shape index (κ3) is 1.77. The minimum absolute atomic E-state index is 0.252. The molecule has 0 spiro atoms. The maximum Gasteiger partial charge on any atom is 0.175 e. The van der Waals surface area contributed by atoms with Gasteiger partial charge in [-0.15, -0.1) is 0 Å². The quantitative estimate of drug-likeness (QED) is 0.442. The molecule has 6 heteroatoms. The lowest BCUT2D eigenvalue weighted by molar-refractivity contribution is -0.255. The Morgan fingerprint density at radius 2 is 1.85 bits per heavy atom. The SMILES string of the molecule is O=C([O-])c1cc(F)c(F)c(I)c1F. The number of carboxylic acid groups (broad SMARTS) is 1. The average molecular weight is 301 g/mol. The summed E-state index contributed by atoms with van der Waals surface area (Å²) in [5.74, 6) is -6.01. The van der Waals surface area contributed by atoms with E-state index in [1.165, 1.54) is 22.6 Å². The molecule has 1 aromatic rings. The molecule has 0 amide bonds. The van der Waals surface area contributed by atoms with Crippen molar-refractivity contribution in [2.45, 2.75) is 0 Å². The zero-order chi connectivity index (χ0) is 10.2. The van der Waals surface area contributed by atoms with Crippen molar-refractivity contribution in [2.24, 2.45) is 0 Å². The Morgan fingerprint density at radius 1 is 1.31 bits per heavy atom. The monoisotopic (exact) mass is 301 g/mol. The second-order valence-corrected chi connectivity index (χ2v) is 3.21. The zero-order valence-electron chi connectivity index (χ0n) is 5.91. The lowest BCUT2D eigenvalue weighted by Gasteiger charge is -2.06. The summed E-state index contributed by atoms with van der Waals surface area (Å²) in [6, 6.07) is 0.252. The molecule has 1 rings (SSSR count). The van der Waals surface area contributed by atoms with E-state index < -0.39 is 32.6 Å². The van der Waals surface area contributed by atoms with Crippen molar-refractivity contribution in [3.63, 3.8) is 0 Å². The van der Waals surface area contributed by atoms with Crippen molar-refractivity contribution in [1.29, 1.82) is 0 Å². The topological polar surface area (TPSA) is 40.1 Å². The van der Waals surface area contributed by atoms with Crippen LogP contribution in [0.25, 0.3) is 0 Å². The molecule has 13 heavy (non-hydrogen) atoms. The molecule has 0 aliphatic carbocycles. The smallest absolute Gasteiger partial charge is 0.175 e. The van der Waals surface area contributed by atoms with Gasteiger partial charge in [0.25, 0.3) is 0 Å². The van der Waals surface area contributed by atoms with Gasteiger partial charge in [0, 0.05) is 5.56 Å². The fraction of sp³-hybridized carbons (Fsp3) is 0. The highest BCUT2D eigenvalue weighted by Gasteiger charge is 2.16. The fourth-order valence-corrected chi connectivity index (χ4v) is 1.27. The first kappa shape index (κ1) is 10.3. The largest absolute Gasteiger partial charge is 0.545 e. The Morgan fingerprint density at radius 3 is 2.31 bits per heavy atom. The summed E-state index contributed by atoms with van der Waals surface area (Å²) in [5, 5.41) is 10.2. The molecule has 0 aromatic heterocycles. The number of carboxylic acids is 1. The number of halogens is 4. The standard InChI is InChI=1S/C7H2F3IO2/c8-3-1-2(7(12)13)4(9)6(11)5(3)10/h1H,(H,12,13)/p-1. The van der Waals surface area contributed by atoms with E-state index in [4.69, 9.17) is 0 Å². The van der Waals surface area contributed by atoms with E-state index in [9.17, 15) is 23.1 Å². The molecule has 0 unspecified atom stereocenters. The summed E-state index contributed by atoms with van der Waals surface area (Å²) in [7, 11) is 0. The van der Waals surface area contributed by atoms with Gasteiger partial charge in [-0.1, -0.05) is 0 Å². The minimum Gasteiger partial charge on any atom is -0.545 e. The minimum atomic E-state index is -1.88. The third-order valence-electron chi connectivity index (χ3n) is 1.32. The van der Waals surface area contributed by atoms with Gasteiger partial charge >= 0.3 is 0 Å². The van der Waals surface area contributed by atoms with Crippen molar-refractivity contribution in [3.05, 3.63) is 32.7 Å². The van der Waals surface area contributed by atoms with Crippen LogP contribution in [0.4, 0.5) is 13.2 Å². The number of aromatic carboxylic acids is 1. The van der Waals surface area contributed by atoms with Crippen molar-refractivity contribution >= 4 is 28.6 Å². The third-order valence-corrected chi connectivity index (χ3v) is 2.27. The summed E-state index contributed by atoms with van der Waals surface area (Å²) in [5.41, 5.74) is -0.983. The number of benzene rings is 1. The van der Waals surface area contributed by atoms with E-state index in [1.54, 1.807) is 0 Å². The van der Waals surface area contributed by atoms with Crippen LogP contribution in [-0.2, 0) is 0 Å². The molecule has 70 valence electrons. The summed E-state index contributed by atoms with van der Waals surface area (Å²) >= 11 is 1.17. The van der Waals surface area contributed by atoms with Crippen LogP contribution in [0, 0.1) is 21.0 Å². The van der Waals surface area contributed by atoms with Crippen LogP contribution < -0.4 is 5.11 Å². The summed E-state index contributed by atoms with van der Waals surface area (Å²) < 4.78 is 37.3. The van der Waals surface area contributed by atoms with Crippen molar-refractivity contribution < 1.29 is 23.1 Å². The highest BCUT2D eigenvalue weighted by molar-refractivity contribution is 14.1. The van der Waals surface area contributed by atoms with Crippen LogP contribution in [-0.4, -0.2) is 5.97 Å². The van der Waals surface area contributed by atoms with Crippen LogP contribution in [0.3, 0.4) is 0 Å². The molecule has 0 bridgehead atoms. The predicted octanol–water partition coefficient (Wildman–Crippen LogP) is 1.07. The molecule has 0 saturated carbocycles.